The third kappa shape index (κ3) is 3.66. The number of halogens is 1. The maximum absolute atomic E-state index is 12.6. The van der Waals surface area contributed by atoms with E-state index in [2.05, 4.69) is 25.6 Å². The van der Waals surface area contributed by atoms with E-state index in [-0.39, 0.29) is 11.9 Å². The lowest BCUT2D eigenvalue weighted by Crippen LogP contribution is -2.33. The number of likely N-dealkylation sites (tertiary alicyclic amines) is 1. The number of carbonyl (C=O) groups excluding carboxylic acids is 1. The van der Waals surface area contributed by atoms with Crippen LogP contribution in [0.4, 0.5) is 10.6 Å². The highest BCUT2D eigenvalue weighted by atomic mass is 35.5. The van der Waals surface area contributed by atoms with E-state index in [9.17, 15) is 4.79 Å². The van der Waals surface area contributed by atoms with Crippen LogP contribution in [0.2, 0.25) is 5.02 Å². The highest BCUT2D eigenvalue weighted by Crippen LogP contribution is 2.25. The molecule has 1 aromatic carbocycles. The average Bonchev–Trinajstić information content (AvgIpc) is 3.34. The summed E-state index contributed by atoms with van der Waals surface area (Å²) in [6, 6.07) is 9.10. The van der Waals surface area contributed by atoms with Crippen LogP contribution in [0.1, 0.15) is 29.7 Å². The number of aromatic amines is 1. The van der Waals surface area contributed by atoms with Gasteiger partial charge in [-0.3, -0.25) is 10.4 Å². The first-order valence-corrected chi connectivity index (χ1v) is 9.15. The maximum Gasteiger partial charge on any atom is 0.323 e. The second kappa shape index (κ2) is 7.03. The Kier molecular flexibility index (Phi) is 4.57. The van der Waals surface area contributed by atoms with E-state index in [4.69, 9.17) is 11.6 Å². The zero-order valence-electron chi connectivity index (χ0n) is 15.1. The molecule has 1 aliphatic heterocycles. The van der Waals surface area contributed by atoms with Crippen molar-refractivity contribution in [2.75, 3.05) is 18.4 Å². The molecule has 4 rings (SSSR count). The quantitative estimate of drug-likeness (QED) is 0.723. The molecule has 0 bridgehead atoms. The van der Waals surface area contributed by atoms with Gasteiger partial charge in [0.15, 0.2) is 11.6 Å². The largest absolute Gasteiger partial charge is 0.324 e. The Morgan fingerprint density at radius 3 is 2.93 bits per heavy atom. The molecular weight excluding hydrogens is 366 g/mol. The van der Waals surface area contributed by atoms with Gasteiger partial charge in [0.1, 0.15) is 5.82 Å². The number of hydrogen-bond acceptors (Lipinski definition) is 4. The van der Waals surface area contributed by atoms with Crippen molar-refractivity contribution < 1.29 is 4.79 Å². The van der Waals surface area contributed by atoms with Crippen LogP contribution in [-0.4, -0.2) is 49.0 Å². The van der Waals surface area contributed by atoms with Crippen molar-refractivity contribution in [3.63, 3.8) is 0 Å². The lowest BCUT2D eigenvalue weighted by Gasteiger charge is -2.15. The third-order valence-electron chi connectivity index (χ3n) is 4.63. The number of urea groups is 1. The molecule has 0 aliphatic carbocycles. The van der Waals surface area contributed by atoms with Crippen LogP contribution in [0.3, 0.4) is 0 Å². The molecule has 1 aliphatic rings. The average molecular weight is 386 g/mol. The highest BCUT2D eigenvalue weighted by Gasteiger charge is 2.30. The number of H-pyrrole nitrogens is 1. The Morgan fingerprint density at radius 2 is 2.19 bits per heavy atom. The summed E-state index contributed by atoms with van der Waals surface area (Å²) in [7, 11) is 0. The van der Waals surface area contributed by atoms with Gasteiger partial charge in [0.2, 0.25) is 0 Å². The van der Waals surface area contributed by atoms with E-state index in [1.807, 2.05) is 44.2 Å². The fourth-order valence-electron chi connectivity index (χ4n) is 3.29. The molecule has 9 heteroatoms. The van der Waals surface area contributed by atoms with Crippen LogP contribution in [-0.2, 0) is 0 Å². The smallest absolute Gasteiger partial charge is 0.323 e. The molecule has 1 saturated heterocycles. The van der Waals surface area contributed by atoms with Gasteiger partial charge in [-0.1, -0.05) is 17.7 Å². The van der Waals surface area contributed by atoms with Crippen LogP contribution >= 0.6 is 11.6 Å². The minimum Gasteiger partial charge on any atom is -0.324 e. The molecule has 1 atom stereocenters. The molecule has 2 aromatic heterocycles. The standard InChI is InChI=1S/C18H20ClN7O/c1-11-8-16(24-26(11)15-5-3-4-14(19)9-15)21-18(27)25-7-6-13(10-25)17-20-12(2)22-23-17/h3-5,8-9,13H,6-7,10H2,1-2H3,(H,20,22,23)(H,21,24,27)/t13-/m0/s1. The first-order valence-electron chi connectivity index (χ1n) is 8.77. The normalized spacial score (nSPS) is 16.7. The summed E-state index contributed by atoms with van der Waals surface area (Å²) in [5, 5.41) is 15.1. The summed E-state index contributed by atoms with van der Waals surface area (Å²) < 4.78 is 1.75. The highest BCUT2D eigenvalue weighted by molar-refractivity contribution is 6.30. The topological polar surface area (TPSA) is 91.7 Å². The Hall–Kier alpha value is -2.87. The van der Waals surface area contributed by atoms with Gasteiger partial charge in [0.05, 0.1) is 5.69 Å². The number of nitrogens with zero attached hydrogens (tertiary/aromatic N) is 5. The van der Waals surface area contributed by atoms with Crippen LogP contribution in [0.5, 0.6) is 0 Å². The molecule has 3 heterocycles. The fraction of sp³-hybridized carbons (Fsp3) is 0.333. The monoisotopic (exact) mass is 385 g/mol. The van der Waals surface area contributed by atoms with Gasteiger partial charge < -0.3 is 4.90 Å². The number of amides is 2. The van der Waals surface area contributed by atoms with E-state index in [1.165, 1.54) is 0 Å². The number of aromatic nitrogens is 5. The van der Waals surface area contributed by atoms with Crippen molar-refractivity contribution in [1.29, 1.82) is 0 Å². The van der Waals surface area contributed by atoms with E-state index in [0.29, 0.717) is 23.9 Å². The summed E-state index contributed by atoms with van der Waals surface area (Å²) >= 11 is 6.06. The molecule has 0 spiro atoms. The van der Waals surface area contributed by atoms with Crippen LogP contribution in [0, 0.1) is 13.8 Å². The first-order chi connectivity index (χ1) is 13.0. The van der Waals surface area contributed by atoms with Crippen molar-refractivity contribution in [1.82, 2.24) is 29.9 Å². The van der Waals surface area contributed by atoms with Gasteiger partial charge >= 0.3 is 6.03 Å². The number of aryl methyl sites for hydroxylation is 2. The summed E-state index contributed by atoms with van der Waals surface area (Å²) in [5.74, 6) is 2.22. The molecule has 0 unspecified atom stereocenters. The molecule has 2 N–H and O–H groups in total. The summed E-state index contributed by atoms with van der Waals surface area (Å²) in [6.45, 7) is 5.06. The molecule has 0 radical (unpaired) electrons. The van der Waals surface area contributed by atoms with Crippen molar-refractivity contribution in [3.05, 3.63) is 52.7 Å². The summed E-state index contributed by atoms with van der Waals surface area (Å²) in [4.78, 5) is 18.7. The Morgan fingerprint density at radius 1 is 1.33 bits per heavy atom. The Bertz CT molecular complexity index is 980. The zero-order chi connectivity index (χ0) is 19.0. The van der Waals surface area contributed by atoms with Crippen molar-refractivity contribution in [2.45, 2.75) is 26.2 Å². The maximum atomic E-state index is 12.6. The van der Waals surface area contributed by atoms with E-state index < -0.39 is 0 Å². The minimum absolute atomic E-state index is 0.159. The van der Waals surface area contributed by atoms with Crippen LogP contribution in [0.15, 0.2) is 30.3 Å². The SMILES string of the molecule is Cc1nc([C@H]2CCN(C(=O)Nc3cc(C)n(-c4cccc(Cl)c4)n3)C2)n[nH]1. The van der Waals surface area contributed by atoms with Gasteiger partial charge in [-0.15, -0.1) is 5.10 Å². The van der Waals surface area contributed by atoms with Crippen molar-refractivity contribution >= 4 is 23.4 Å². The Labute approximate surface area is 161 Å². The molecule has 2 amide bonds. The Balaban J connectivity index is 1.44. The minimum atomic E-state index is -0.166. The second-order valence-electron chi connectivity index (χ2n) is 6.70. The van der Waals surface area contributed by atoms with Crippen LogP contribution < -0.4 is 5.32 Å². The second-order valence-corrected chi connectivity index (χ2v) is 7.14. The third-order valence-corrected chi connectivity index (χ3v) is 4.87. The number of rotatable bonds is 3. The van der Waals surface area contributed by atoms with Gasteiger partial charge in [0.25, 0.3) is 0 Å². The number of hydrogen-bond donors (Lipinski definition) is 2. The van der Waals surface area contributed by atoms with Gasteiger partial charge in [-0.05, 0) is 38.5 Å². The predicted octanol–water partition coefficient (Wildman–Crippen LogP) is 3.28. The van der Waals surface area contributed by atoms with E-state index in [0.717, 1.165) is 29.5 Å². The first kappa shape index (κ1) is 17.5. The number of carbonyl (C=O) groups is 1. The lowest BCUT2D eigenvalue weighted by molar-refractivity contribution is 0.222. The lowest BCUT2D eigenvalue weighted by atomic mass is 10.1. The van der Waals surface area contributed by atoms with Gasteiger partial charge in [-0.25, -0.2) is 14.5 Å². The van der Waals surface area contributed by atoms with Crippen molar-refractivity contribution in [3.8, 4) is 5.69 Å². The van der Waals surface area contributed by atoms with E-state index >= 15 is 0 Å². The molecule has 1 fully saturated rings. The van der Waals surface area contributed by atoms with Gasteiger partial charge in [-0.2, -0.15) is 5.10 Å². The molecule has 140 valence electrons. The summed E-state index contributed by atoms with van der Waals surface area (Å²) in [5.41, 5.74) is 1.75. The predicted molar refractivity (Wildman–Crippen MR) is 102 cm³/mol. The fourth-order valence-corrected chi connectivity index (χ4v) is 3.48. The molecule has 8 nitrogen and oxygen atoms in total. The molecular formula is C18H20ClN7O. The number of anilines is 1. The number of benzene rings is 1. The van der Waals surface area contributed by atoms with Crippen molar-refractivity contribution in [2.24, 2.45) is 0 Å². The van der Waals surface area contributed by atoms with E-state index in [1.54, 1.807) is 9.58 Å². The van der Waals surface area contributed by atoms with Gasteiger partial charge in [0, 0.05) is 35.8 Å². The zero-order valence-corrected chi connectivity index (χ0v) is 15.9. The summed E-state index contributed by atoms with van der Waals surface area (Å²) in [6.07, 6.45) is 0.848. The number of nitrogens with one attached hydrogen (secondary N) is 2. The molecule has 0 saturated carbocycles. The molecule has 27 heavy (non-hydrogen) atoms. The van der Waals surface area contributed by atoms with Crippen LogP contribution in [0.25, 0.3) is 5.69 Å². The molecule has 3 aromatic rings.